The molecule has 0 atom stereocenters. The van der Waals surface area contributed by atoms with E-state index in [0.29, 0.717) is 22.0 Å². The van der Waals surface area contributed by atoms with Crippen LogP contribution in [-0.4, -0.2) is 42.5 Å². The summed E-state index contributed by atoms with van der Waals surface area (Å²) >= 11 is 0. The maximum absolute atomic E-state index is 11.7. The molecule has 9 heteroatoms. The maximum atomic E-state index is 11.7. The van der Waals surface area contributed by atoms with Gasteiger partial charge in [-0.25, -0.2) is 0 Å². The summed E-state index contributed by atoms with van der Waals surface area (Å²) in [6.07, 6.45) is 0. The molecular weight excluding hydrogens is 363 g/mol. The first-order valence-electron chi connectivity index (χ1n) is 7.11. The number of azo groups is 1. The number of hydrogen-bond acceptors (Lipinski definition) is 6. The van der Waals surface area contributed by atoms with Crippen LogP contribution < -0.4 is 5.73 Å². The molecule has 0 aliphatic heterocycles. The van der Waals surface area contributed by atoms with Crippen molar-refractivity contribution in [3.8, 4) is 6.07 Å². The molecule has 0 aromatic heterocycles. The van der Waals surface area contributed by atoms with Crippen molar-refractivity contribution in [1.29, 1.82) is 5.26 Å². The zero-order valence-electron chi connectivity index (χ0n) is 12.8. The molecule has 0 unspecified atom stereocenters. The van der Waals surface area contributed by atoms with Crippen molar-refractivity contribution in [2.45, 2.75) is 4.90 Å². The summed E-state index contributed by atoms with van der Waals surface area (Å²) in [6.45, 7) is 0. The van der Waals surface area contributed by atoms with Gasteiger partial charge >= 0.3 is 29.6 Å². The van der Waals surface area contributed by atoms with Gasteiger partial charge in [-0.05, 0) is 18.2 Å². The molecular formula is C17H13N4NaO3S. The normalized spacial score (nSPS) is 11.2. The molecule has 7 nitrogen and oxygen atoms in total. The average molecular weight is 376 g/mol. The Morgan fingerprint density at radius 2 is 1.54 bits per heavy atom. The molecule has 3 aromatic rings. The van der Waals surface area contributed by atoms with E-state index in [4.69, 9.17) is 11.0 Å². The fourth-order valence-corrected chi connectivity index (χ4v) is 3.13. The molecule has 0 amide bonds. The van der Waals surface area contributed by atoms with Crippen LogP contribution in [0.4, 0.5) is 17.1 Å². The third-order valence-electron chi connectivity index (χ3n) is 3.59. The number of benzene rings is 3. The van der Waals surface area contributed by atoms with E-state index in [1.165, 1.54) is 0 Å². The summed E-state index contributed by atoms with van der Waals surface area (Å²) in [7, 11) is -4.47. The van der Waals surface area contributed by atoms with E-state index in [-0.39, 0.29) is 45.8 Å². The van der Waals surface area contributed by atoms with Gasteiger partial charge in [0, 0.05) is 10.8 Å². The molecule has 0 saturated carbocycles. The molecule has 0 spiro atoms. The van der Waals surface area contributed by atoms with E-state index in [0.717, 1.165) is 6.07 Å². The van der Waals surface area contributed by atoms with Gasteiger partial charge in [0.2, 0.25) is 0 Å². The van der Waals surface area contributed by atoms with E-state index in [1.807, 2.05) is 6.07 Å². The summed E-state index contributed by atoms with van der Waals surface area (Å²) in [5.74, 6) is 0. The van der Waals surface area contributed by atoms with Gasteiger partial charge in [-0.2, -0.15) is 13.7 Å². The molecule has 3 aromatic carbocycles. The van der Waals surface area contributed by atoms with E-state index in [9.17, 15) is 13.0 Å². The fourth-order valence-electron chi connectivity index (χ4n) is 2.41. The number of nitrogens with zero attached hydrogens (tertiary/aromatic N) is 3. The Bertz CT molecular complexity index is 1150. The van der Waals surface area contributed by atoms with Crippen molar-refractivity contribution >= 4 is 67.5 Å². The summed E-state index contributed by atoms with van der Waals surface area (Å²) in [5, 5.41) is 17.8. The Hall–Kier alpha value is -2.28. The van der Waals surface area contributed by atoms with Crippen LogP contribution in [0.15, 0.2) is 69.7 Å². The van der Waals surface area contributed by atoms with Gasteiger partial charge in [0.15, 0.2) is 0 Å². The second-order valence-electron chi connectivity index (χ2n) is 5.16. The Kier molecular flexibility index (Phi) is 6.13. The van der Waals surface area contributed by atoms with Crippen LogP contribution in [0.5, 0.6) is 0 Å². The van der Waals surface area contributed by atoms with Gasteiger partial charge in [0.25, 0.3) is 10.1 Å². The molecule has 0 fully saturated rings. The topological polar surface area (TPSA) is 129 Å². The Balaban J connectivity index is 0.00000243. The Labute approximate surface area is 172 Å². The number of nitrogens with two attached hydrogens (primary N) is 1. The van der Waals surface area contributed by atoms with E-state index >= 15 is 0 Å². The van der Waals surface area contributed by atoms with Crippen LogP contribution >= 0.6 is 0 Å². The van der Waals surface area contributed by atoms with Crippen molar-refractivity contribution in [2.75, 3.05) is 5.73 Å². The van der Waals surface area contributed by atoms with Crippen LogP contribution in [0.1, 0.15) is 5.56 Å². The van der Waals surface area contributed by atoms with Crippen LogP contribution in [0.3, 0.4) is 0 Å². The third-order valence-corrected chi connectivity index (χ3v) is 4.49. The second-order valence-corrected chi connectivity index (χ2v) is 6.55. The van der Waals surface area contributed by atoms with Crippen molar-refractivity contribution in [1.82, 2.24) is 0 Å². The van der Waals surface area contributed by atoms with Gasteiger partial charge < -0.3 is 5.73 Å². The van der Waals surface area contributed by atoms with Gasteiger partial charge in [0.05, 0.1) is 11.3 Å². The van der Waals surface area contributed by atoms with Crippen LogP contribution in [0, 0.1) is 11.3 Å². The third kappa shape index (κ3) is 3.93. The summed E-state index contributed by atoms with van der Waals surface area (Å²) in [4.78, 5) is -0.306. The molecule has 0 heterocycles. The fraction of sp³-hybridized carbons (Fsp3) is 0. The number of anilines is 1. The minimum atomic E-state index is -4.47. The van der Waals surface area contributed by atoms with Crippen molar-refractivity contribution in [3.63, 3.8) is 0 Å². The van der Waals surface area contributed by atoms with Gasteiger partial charge in [-0.15, -0.1) is 10.2 Å². The van der Waals surface area contributed by atoms with Crippen LogP contribution in [0.25, 0.3) is 10.8 Å². The van der Waals surface area contributed by atoms with Crippen LogP contribution in [0.2, 0.25) is 0 Å². The minimum absolute atomic E-state index is 0. The van der Waals surface area contributed by atoms with Crippen molar-refractivity contribution < 1.29 is 13.0 Å². The zero-order valence-corrected chi connectivity index (χ0v) is 13.6. The molecule has 0 saturated heterocycles. The predicted octanol–water partition coefficient (Wildman–Crippen LogP) is 3.31. The molecule has 0 bridgehead atoms. The van der Waals surface area contributed by atoms with Crippen LogP contribution in [-0.2, 0) is 10.1 Å². The number of hydrogen-bond donors (Lipinski definition) is 2. The molecule has 3 N–H and O–H groups in total. The quantitative estimate of drug-likeness (QED) is 0.313. The first-order valence-corrected chi connectivity index (χ1v) is 8.55. The molecule has 126 valence electrons. The Morgan fingerprint density at radius 1 is 0.962 bits per heavy atom. The number of rotatable bonds is 3. The molecule has 0 aliphatic rings. The monoisotopic (exact) mass is 376 g/mol. The standard InChI is InChI=1S/C17H12N4O3S.Na.H/c18-10-11-5-1-4-8-14(11)20-21-15-9-16(25(22,23)24)12-6-2-3-7-13(12)17(15)19;;/h1-9H,19H2,(H,22,23,24);;. The van der Waals surface area contributed by atoms with Gasteiger partial charge in [-0.1, -0.05) is 36.4 Å². The number of nitriles is 1. The predicted molar refractivity (Wildman–Crippen MR) is 101 cm³/mol. The van der Waals surface area contributed by atoms with Gasteiger partial charge in [0.1, 0.15) is 22.3 Å². The van der Waals surface area contributed by atoms with E-state index < -0.39 is 10.1 Å². The zero-order chi connectivity index (χ0) is 18.0. The SMILES string of the molecule is N#Cc1ccccc1N=Nc1cc(S(=O)(=O)O)c2ccccc2c1N.[NaH]. The first-order chi connectivity index (χ1) is 11.9. The first kappa shape index (κ1) is 20.0. The van der Waals surface area contributed by atoms with Crippen molar-refractivity contribution in [3.05, 3.63) is 60.2 Å². The average Bonchev–Trinajstić information content (AvgIpc) is 2.60. The van der Waals surface area contributed by atoms with Gasteiger partial charge in [-0.3, -0.25) is 4.55 Å². The molecule has 0 aliphatic carbocycles. The number of nitrogen functional groups attached to an aromatic ring is 1. The molecule has 3 rings (SSSR count). The van der Waals surface area contributed by atoms with E-state index in [1.54, 1.807) is 48.5 Å². The number of fused-ring (bicyclic) bond motifs is 1. The second kappa shape index (κ2) is 7.95. The van der Waals surface area contributed by atoms with E-state index in [2.05, 4.69) is 10.2 Å². The Morgan fingerprint density at radius 3 is 2.19 bits per heavy atom. The molecule has 0 radical (unpaired) electrons. The summed E-state index contributed by atoms with van der Waals surface area (Å²) in [5.41, 5.74) is 7.02. The molecule has 26 heavy (non-hydrogen) atoms. The van der Waals surface area contributed by atoms with Crippen molar-refractivity contribution in [2.24, 2.45) is 10.2 Å². The summed E-state index contributed by atoms with van der Waals surface area (Å²) in [6, 6.07) is 16.2. The summed E-state index contributed by atoms with van der Waals surface area (Å²) < 4.78 is 32.9.